The van der Waals surface area contributed by atoms with E-state index in [4.69, 9.17) is 10.7 Å². The molecule has 1 aromatic heterocycles. The third-order valence-electron chi connectivity index (χ3n) is 6.04. The average molecular weight is 344 g/mol. The van der Waals surface area contributed by atoms with Crippen molar-refractivity contribution in [1.82, 2.24) is 15.2 Å². The number of H-pyrrole nitrogens is 1. The Bertz CT molecular complexity index is 948. The Morgan fingerprint density at radius 2 is 1.62 bits per heavy atom. The summed E-state index contributed by atoms with van der Waals surface area (Å²) in [6.45, 7) is 4.33. The van der Waals surface area contributed by atoms with Crippen LogP contribution in [-0.4, -0.2) is 21.2 Å². The van der Waals surface area contributed by atoms with Gasteiger partial charge in [-0.15, -0.1) is 0 Å². The van der Waals surface area contributed by atoms with Crippen molar-refractivity contribution >= 4 is 0 Å². The number of rotatable bonds is 0. The molecule has 1 aliphatic heterocycles. The van der Waals surface area contributed by atoms with Gasteiger partial charge in [-0.2, -0.15) is 5.10 Å². The fourth-order valence-electron chi connectivity index (χ4n) is 4.95. The molecule has 2 aromatic carbocycles. The molecular formula is C22H24N4. The maximum absolute atomic E-state index is 6.58. The zero-order valence-electron chi connectivity index (χ0n) is 15.3. The van der Waals surface area contributed by atoms with Crippen LogP contribution in [0.25, 0.3) is 0 Å². The van der Waals surface area contributed by atoms with Crippen molar-refractivity contribution in [1.29, 1.82) is 0 Å². The number of benzene rings is 2. The van der Waals surface area contributed by atoms with E-state index < -0.39 is 0 Å². The van der Waals surface area contributed by atoms with Gasteiger partial charge in [-0.3, -0.25) is 5.10 Å². The molecule has 2 bridgehead atoms. The lowest BCUT2D eigenvalue weighted by Gasteiger charge is -2.35. The highest BCUT2D eigenvalue weighted by atomic mass is 15.2. The van der Waals surface area contributed by atoms with Gasteiger partial charge >= 0.3 is 0 Å². The molecule has 26 heavy (non-hydrogen) atoms. The molecule has 0 unspecified atom stereocenters. The van der Waals surface area contributed by atoms with E-state index in [0.29, 0.717) is 0 Å². The number of hydrogen-bond acceptors (Lipinski definition) is 3. The molecule has 3 aromatic rings. The first-order valence-corrected chi connectivity index (χ1v) is 9.43. The van der Waals surface area contributed by atoms with Crippen LogP contribution < -0.4 is 5.73 Å². The minimum absolute atomic E-state index is 0.0515. The van der Waals surface area contributed by atoms with Crippen molar-refractivity contribution in [2.75, 3.05) is 0 Å². The second-order valence-electron chi connectivity index (χ2n) is 8.00. The molecule has 5 rings (SSSR count). The summed E-state index contributed by atoms with van der Waals surface area (Å²) in [5, 5.41) is 7.78. The predicted molar refractivity (Wildman–Crippen MR) is 102 cm³/mol. The van der Waals surface area contributed by atoms with Crippen LogP contribution >= 0.6 is 0 Å². The summed E-state index contributed by atoms with van der Waals surface area (Å²) in [5.74, 6) is 1.77. The third kappa shape index (κ3) is 2.18. The molecule has 0 saturated carbocycles. The largest absolute Gasteiger partial charge is 0.327 e. The first-order valence-electron chi connectivity index (χ1n) is 9.43. The number of nitrogens with one attached hydrogen (secondary N) is 1. The number of aryl methyl sites for hydroxylation is 4. The first-order chi connectivity index (χ1) is 12.6. The van der Waals surface area contributed by atoms with Crippen LogP contribution in [0.2, 0.25) is 0 Å². The molecule has 2 aliphatic rings. The first kappa shape index (κ1) is 15.8. The van der Waals surface area contributed by atoms with Gasteiger partial charge in [-0.05, 0) is 55.4 Å². The van der Waals surface area contributed by atoms with Crippen LogP contribution in [0, 0.1) is 13.8 Å². The number of nitrogens with zero attached hydrogens (tertiary/aromatic N) is 2. The second kappa shape index (κ2) is 5.52. The van der Waals surface area contributed by atoms with Gasteiger partial charge in [0, 0.05) is 12.5 Å². The number of nitrogens with two attached hydrogens (primary N) is 1. The van der Waals surface area contributed by atoms with Gasteiger partial charge < -0.3 is 5.73 Å². The monoisotopic (exact) mass is 344 g/mol. The van der Waals surface area contributed by atoms with Gasteiger partial charge in [0.1, 0.15) is 5.82 Å². The second-order valence-corrected chi connectivity index (χ2v) is 8.00. The maximum atomic E-state index is 6.58. The number of aromatic nitrogens is 3. The van der Waals surface area contributed by atoms with Crippen molar-refractivity contribution in [2.45, 2.75) is 51.0 Å². The number of aromatic amines is 1. The molecular weight excluding hydrogens is 320 g/mol. The van der Waals surface area contributed by atoms with E-state index in [-0.39, 0.29) is 11.5 Å². The number of hydrogen-bond donors (Lipinski definition) is 2. The van der Waals surface area contributed by atoms with Gasteiger partial charge in [0.15, 0.2) is 5.82 Å². The summed E-state index contributed by atoms with van der Waals surface area (Å²) in [4.78, 5) is 4.87. The van der Waals surface area contributed by atoms with Gasteiger partial charge in [0.2, 0.25) is 0 Å². The van der Waals surface area contributed by atoms with Crippen LogP contribution in [-0.2, 0) is 24.7 Å². The zero-order valence-corrected chi connectivity index (χ0v) is 15.3. The molecule has 3 N–H and O–H groups in total. The van der Waals surface area contributed by atoms with E-state index in [0.717, 1.165) is 37.3 Å². The quantitative estimate of drug-likeness (QED) is 0.658. The van der Waals surface area contributed by atoms with Crippen molar-refractivity contribution in [2.24, 2.45) is 5.73 Å². The highest BCUT2D eigenvalue weighted by Gasteiger charge is 2.46. The summed E-state index contributed by atoms with van der Waals surface area (Å²) in [7, 11) is 0. The van der Waals surface area contributed by atoms with Crippen molar-refractivity contribution in [3.8, 4) is 0 Å². The smallest absolute Gasteiger partial charge is 0.165 e. The molecule has 0 saturated heterocycles. The molecule has 4 nitrogen and oxygen atoms in total. The standard InChI is InChI=1S/C22H24N4/c1-13-3-7-18-15(9-13)5-6-16-10-14(2)4-8-19(16)22(18)12-17(23)11-20-24-21(22)26-25-20/h3-4,7-10,17H,5-6,11-12,23H2,1-2H3,(H,24,25,26)/t17-/m1/s1. The molecule has 132 valence electrons. The Labute approximate surface area is 153 Å². The highest BCUT2D eigenvalue weighted by molar-refractivity contribution is 5.56. The van der Waals surface area contributed by atoms with Gasteiger partial charge in [-0.25, -0.2) is 4.98 Å². The van der Waals surface area contributed by atoms with Crippen molar-refractivity contribution < 1.29 is 0 Å². The van der Waals surface area contributed by atoms with Crippen LogP contribution in [0.3, 0.4) is 0 Å². The molecule has 0 radical (unpaired) electrons. The maximum Gasteiger partial charge on any atom is 0.165 e. The van der Waals surface area contributed by atoms with Crippen molar-refractivity contribution in [3.05, 3.63) is 81.4 Å². The molecule has 1 aliphatic carbocycles. The normalized spacial score (nSPS) is 20.2. The summed E-state index contributed by atoms with van der Waals surface area (Å²) in [6, 6.07) is 13.7. The lowest BCUT2D eigenvalue weighted by atomic mass is 9.68. The van der Waals surface area contributed by atoms with E-state index in [1.807, 2.05) is 0 Å². The van der Waals surface area contributed by atoms with E-state index in [1.165, 1.54) is 33.4 Å². The summed E-state index contributed by atoms with van der Waals surface area (Å²) >= 11 is 0. The van der Waals surface area contributed by atoms with Crippen molar-refractivity contribution in [3.63, 3.8) is 0 Å². The Balaban J connectivity index is 1.89. The average Bonchev–Trinajstić information content (AvgIpc) is 2.95. The predicted octanol–water partition coefficient (Wildman–Crippen LogP) is 3.13. The molecule has 4 heteroatoms. The summed E-state index contributed by atoms with van der Waals surface area (Å²) < 4.78 is 0. The molecule has 2 heterocycles. The van der Waals surface area contributed by atoms with E-state index >= 15 is 0 Å². The van der Waals surface area contributed by atoms with Gasteiger partial charge in [-0.1, -0.05) is 47.5 Å². The van der Waals surface area contributed by atoms with Crippen LogP contribution in [0.4, 0.5) is 0 Å². The molecule has 1 spiro atoms. The van der Waals surface area contributed by atoms with Gasteiger partial charge in [0.25, 0.3) is 0 Å². The van der Waals surface area contributed by atoms with E-state index in [2.05, 4.69) is 60.4 Å². The Morgan fingerprint density at radius 3 is 2.23 bits per heavy atom. The third-order valence-corrected chi connectivity index (χ3v) is 6.04. The minimum atomic E-state index is -0.368. The SMILES string of the molecule is Cc1ccc2c(c1)CCc1cc(C)ccc1C21C[C@H](N)Cc2nc1n[nH]2. The van der Waals surface area contributed by atoms with Crippen LogP contribution in [0.5, 0.6) is 0 Å². The number of fused-ring (bicyclic) bond motifs is 7. The highest BCUT2D eigenvalue weighted by Crippen LogP contribution is 2.47. The molecule has 1 atom stereocenters. The minimum Gasteiger partial charge on any atom is -0.327 e. The Kier molecular flexibility index (Phi) is 3.35. The zero-order chi connectivity index (χ0) is 17.9. The molecule has 0 fully saturated rings. The fourth-order valence-corrected chi connectivity index (χ4v) is 4.95. The lowest BCUT2D eigenvalue weighted by Crippen LogP contribution is -2.39. The summed E-state index contributed by atoms with van der Waals surface area (Å²) in [5.41, 5.74) is 14.3. The Morgan fingerprint density at radius 1 is 1.00 bits per heavy atom. The van der Waals surface area contributed by atoms with Gasteiger partial charge in [0.05, 0.1) is 5.41 Å². The van der Waals surface area contributed by atoms with E-state index in [9.17, 15) is 0 Å². The van der Waals surface area contributed by atoms with Crippen LogP contribution in [0.1, 0.15) is 51.5 Å². The topological polar surface area (TPSA) is 67.6 Å². The molecule has 0 amide bonds. The van der Waals surface area contributed by atoms with E-state index in [1.54, 1.807) is 0 Å². The Hall–Kier alpha value is -2.46. The van der Waals surface area contributed by atoms with Crippen LogP contribution in [0.15, 0.2) is 36.4 Å². The summed E-state index contributed by atoms with van der Waals surface area (Å²) in [6.07, 6.45) is 3.67. The lowest BCUT2D eigenvalue weighted by molar-refractivity contribution is 0.460. The fraction of sp³-hybridized carbons (Fsp3) is 0.364.